The number of hydrogen-bond donors (Lipinski definition) is 2. The van der Waals surface area contributed by atoms with Gasteiger partial charge in [-0.1, -0.05) is 60.7 Å². The zero-order valence-corrected chi connectivity index (χ0v) is 20.2. The van der Waals surface area contributed by atoms with Gasteiger partial charge in [-0.15, -0.1) is 0 Å². The summed E-state index contributed by atoms with van der Waals surface area (Å²) in [6.07, 6.45) is 0. The molecule has 2 aromatic carbocycles. The first-order valence-corrected chi connectivity index (χ1v) is 12.6. The van der Waals surface area contributed by atoms with Crippen LogP contribution in [0.4, 0.5) is 17.6 Å². The number of ether oxygens (including phenoxy) is 1. The van der Waals surface area contributed by atoms with E-state index in [-0.39, 0.29) is 0 Å². The monoisotopic (exact) mass is 482 g/mol. The largest absolute Gasteiger partial charge is 0.378 e. The number of nitrogens with one attached hydrogen (secondary N) is 2. The maximum absolute atomic E-state index is 5.62. The predicted octanol–water partition coefficient (Wildman–Crippen LogP) is 2.95. The molecule has 2 fully saturated rings. The van der Waals surface area contributed by atoms with Crippen LogP contribution in [-0.4, -0.2) is 72.4 Å². The van der Waals surface area contributed by atoms with Crippen molar-refractivity contribution in [2.24, 2.45) is 0 Å². The summed E-state index contributed by atoms with van der Waals surface area (Å²) in [6, 6.07) is 20.5. The molecule has 6 rings (SSSR count). The Morgan fingerprint density at radius 2 is 1.50 bits per heavy atom. The molecular formula is C27H30N8O. The van der Waals surface area contributed by atoms with Gasteiger partial charge in [0.2, 0.25) is 5.95 Å². The lowest BCUT2D eigenvalue weighted by Crippen LogP contribution is -2.44. The van der Waals surface area contributed by atoms with Gasteiger partial charge in [0.1, 0.15) is 5.69 Å². The average Bonchev–Trinajstić information content (AvgIpc) is 2.97. The van der Waals surface area contributed by atoms with Gasteiger partial charge in [0.15, 0.2) is 22.8 Å². The highest BCUT2D eigenvalue weighted by molar-refractivity contribution is 5.89. The highest BCUT2D eigenvalue weighted by atomic mass is 16.5. The standard InChI is InChI=1S/C27H30N8O/c1-3-7-20(8-4-1)19-29-24-22(21-9-5-2-6-10-21)30-23-25(31-24)32-27(35-13-11-28-12-14-35)33-26(23)34-15-17-36-18-16-34/h1-10,28H,11-19H2,(H,29,31,32,33). The van der Waals surface area contributed by atoms with E-state index in [2.05, 4.69) is 44.7 Å². The predicted molar refractivity (Wildman–Crippen MR) is 142 cm³/mol. The van der Waals surface area contributed by atoms with E-state index in [0.717, 1.165) is 67.7 Å². The molecule has 0 spiro atoms. The van der Waals surface area contributed by atoms with Crippen molar-refractivity contribution in [3.8, 4) is 11.3 Å². The average molecular weight is 483 g/mol. The molecule has 4 aromatic rings. The molecule has 0 bridgehead atoms. The van der Waals surface area contributed by atoms with Gasteiger partial charge in [0.05, 0.1) is 13.2 Å². The Kier molecular flexibility index (Phi) is 6.56. The van der Waals surface area contributed by atoms with E-state index in [1.165, 1.54) is 5.56 Å². The molecule has 2 N–H and O–H groups in total. The lowest BCUT2D eigenvalue weighted by atomic mass is 10.1. The first-order valence-electron chi connectivity index (χ1n) is 12.6. The van der Waals surface area contributed by atoms with Crippen molar-refractivity contribution in [3.63, 3.8) is 0 Å². The quantitative estimate of drug-likeness (QED) is 0.430. The first kappa shape index (κ1) is 22.6. The van der Waals surface area contributed by atoms with Crippen LogP contribution in [-0.2, 0) is 11.3 Å². The molecule has 0 saturated carbocycles. The highest BCUT2D eigenvalue weighted by Crippen LogP contribution is 2.32. The number of fused-ring (bicyclic) bond motifs is 1. The number of hydrogen-bond acceptors (Lipinski definition) is 9. The molecule has 2 aliphatic heterocycles. The number of aromatic nitrogens is 4. The molecule has 0 aliphatic carbocycles. The van der Waals surface area contributed by atoms with E-state index in [0.29, 0.717) is 31.4 Å². The summed E-state index contributed by atoms with van der Waals surface area (Å²) < 4.78 is 5.62. The maximum atomic E-state index is 5.62. The minimum atomic E-state index is 0.607. The van der Waals surface area contributed by atoms with E-state index >= 15 is 0 Å². The van der Waals surface area contributed by atoms with Gasteiger partial charge in [-0.3, -0.25) is 0 Å². The summed E-state index contributed by atoms with van der Waals surface area (Å²) in [5.41, 5.74) is 4.31. The number of anilines is 3. The maximum Gasteiger partial charge on any atom is 0.229 e. The smallest absolute Gasteiger partial charge is 0.229 e. The summed E-state index contributed by atoms with van der Waals surface area (Å²) in [7, 11) is 0. The minimum Gasteiger partial charge on any atom is -0.378 e. The Hall–Kier alpha value is -3.82. The van der Waals surface area contributed by atoms with E-state index in [9.17, 15) is 0 Å². The van der Waals surface area contributed by atoms with Crippen LogP contribution in [0, 0.1) is 0 Å². The summed E-state index contributed by atoms with van der Waals surface area (Å²) in [5.74, 6) is 2.26. The molecule has 0 unspecified atom stereocenters. The molecule has 0 radical (unpaired) electrons. The molecule has 2 aliphatic rings. The second-order valence-electron chi connectivity index (χ2n) is 8.98. The molecule has 2 aromatic heterocycles. The van der Waals surface area contributed by atoms with E-state index in [1.807, 2.05) is 36.4 Å². The number of rotatable bonds is 6. The second-order valence-corrected chi connectivity index (χ2v) is 8.98. The summed E-state index contributed by atoms with van der Waals surface area (Å²) in [6.45, 7) is 7.08. The summed E-state index contributed by atoms with van der Waals surface area (Å²) in [5, 5.41) is 6.93. The van der Waals surface area contributed by atoms with Crippen LogP contribution in [0.15, 0.2) is 60.7 Å². The van der Waals surface area contributed by atoms with Crippen LogP contribution in [0.5, 0.6) is 0 Å². The van der Waals surface area contributed by atoms with E-state index < -0.39 is 0 Å². The van der Waals surface area contributed by atoms with Gasteiger partial charge in [-0.25, -0.2) is 9.97 Å². The number of morpholine rings is 1. The Morgan fingerprint density at radius 3 is 2.25 bits per heavy atom. The topological polar surface area (TPSA) is 91.3 Å². The lowest BCUT2D eigenvalue weighted by molar-refractivity contribution is 0.122. The van der Waals surface area contributed by atoms with Crippen molar-refractivity contribution in [1.82, 2.24) is 25.3 Å². The molecule has 0 atom stereocenters. The van der Waals surface area contributed by atoms with Crippen LogP contribution in [0.2, 0.25) is 0 Å². The SMILES string of the molecule is c1ccc(CNc2nc3nc(N4CCNCC4)nc(N4CCOCC4)c3nc2-c2ccccc2)cc1. The molecule has 9 heteroatoms. The third-order valence-corrected chi connectivity index (χ3v) is 6.56. The van der Waals surface area contributed by atoms with Gasteiger partial charge in [0, 0.05) is 51.4 Å². The number of benzene rings is 2. The van der Waals surface area contributed by atoms with Crippen LogP contribution < -0.4 is 20.4 Å². The van der Waals surface area contributed by atoms with E-state index in [4.69, 9.17) is 24.7 Å². The van der Waals surface area contributed by atoms with Crippen molar-refractivity contribution >= 4 is 28.7 Å². The Bertz CT molecular complexity index is 1310. The van der Waals surface area contributed by atoms with Crippen LogP contribution in [0.25, 0.3) is 22.4 Å². The number of piperazine rings is 1. The molecule has 184 valence electrons. The van der Waals surface area contributed by atoms with Crippen molar-refractivity contribution in [3.05, 3.63) is 66.2 Å². The van der Waals surface area contributed by atoms with Crippen LogP contribution in [0.1, 0.15) is 5.56 Å². The van der Waals surface area contributed by atoms with Crippen LogP contribution >= 0.6 is 0 Å². The number of nitrogens with zero attached hydrogens (tertiary/aromatic N) is 6. The Morgan fingerprint density at radius 1 is 0.778 bits per heavy atom. The zero-order chi connectivity index (χ0) is 24.2. The van der Waals surface area contributed by atoms with Gasteiger partial charge in [-0.05, 0) is 5.56 Å². The van der Waals surface area contributed by atoms with E-state index in [1.54, 1.807) is 0 Å². The molecular weight excluding hydrogens is 452 g/mol. The molecule has 2 saturated heterocycles. The first-order chi connectivity index (χ1) is 17.8. The van der Waals surface area contributed by atoms with Crippen molar-refractivity contribution < 1.29 is 4.74 Å². The fourth-order valence-corrected chi connectivity index (χ4v) is 4.63. The van der Waals surface area contributed by atoms with Gasteiger partial charge in [0.25, 0.3) is 0 Å². The third kappa shape index (κ3) is 4.80. The molecule has 9 nitrogen and oxygen atoms in total. The molecule has 0 amide bonds. The fraction of sp³-hybridized carbons (Fsp3) is 0.333. The molecule has 4 heterocycles. The van der Waals surface area contributed by atoms with Crippen LogP contribution in [0.3, 0.4) is 0 Å². The van der Waals surface area contributed by atoms with Crippen molar-refractivity contribution in [2.75, 3.05) is 67.6 Å². The summed E-state index contributed by atoms with van der Waals surface area (Å²) in [4.78, 5) is 24.6. The second kappa shape index (κ2) is 10.4. The minimum absolute atomic E-state index is 0.607. The fourth-order valence-electron chi connectivity index (χ4n) is 4.63. The van der Waals surface area contributed by atoms with Crippen molar-refractivity contribution in [1.29, 1.82) is 0 Å². The third-order valence-electron chi connectivity index (χ3n) is 6.56. The Labute approximate surface area is 210 Å². The van der Waals surface area contributed by atoms with Gasteiger partial charge in [-0.2, -0.15) is 9.97 Å². The normalized spacial score (nSPS) is 16.3. The summed E-state index contributed by atoms with van der Waals surface area (Å²) >= 11 is 0. The van der Waals surface area contributed by atoms with Gasteiger partial charge < -0.3 is 25.2 Å². The van der Waals surface area contributed by atoms with Gasteiger partial charge >= 0.3 is 0 Å². The highest BCUT2D eigenvalue weighted by Gasteiger charge is 2.24. The zero-order valence-electron chi connectivity index (χ0n) is 20.2. The lowest BCUT2D eigenvalue weighted by Gasteiger charge is -2.31. The molecule has 36 heavy (non-hydrogen) atoms. The Balaban J connectivity index is 1.48. The van der Waals surface area contributed by atoms with Crippen molar-refractivity contribution in [2.45, 2.75) is 6.54 Å².